The van der Waals surface area contributed by atoms with Gasteiger partial charge in [0.1, 0.15) is 11.8 Å². The summed E-state index contributed by atoms with van der Waals surface area (Å²) in [5.41, 5.74) is 2.24. The monoisotopic (exact) mass is 386 g/mol. The summed E-state index contributed by atoms with van der Waals surface area (Å²) < 4.78 is 7.26. The molecule has 1 N–H and O–H groups in total. The quantitative estimate of drug-likeness (QED) is 0.579. The number of anilines is 2. The first-order valence-electron chi connectivity index (χ1n) is 9.36. The standard InChI is InChI=1S/C22H18N4O3/c27-20-13-19(21(28)23-15-7-2-1-3-8-15)26-18-11-5-4-10-17(18)24-22(26)25(20)14-16-9-6-12-29-16/h1-12,19H,13-14H2,(H,23,28). The van der Waals surface area contributed by atoms with Gasteiger partial charge in [0.2, 0.25) is 17.8 Å². The molecule has 5 rings (SSSR count). The van der Waals surface area contributed by atoms with Gasteiger partial charge >= 0.3 is 0 Å². The van der Waals surface area contributed by atoms with Crippen LogP contribution in [0.15, 0.2) is 77.4 Å². The summed E-state index contributed by atoms with van der Waals surface area (Å²) in [5.74, 6) is 0.695. The Bertz CT molecular complexity index is 1180. The van der Waals surface area contributed by atoms with Crippen molar-refractivity contribution in [2.45, 2.75) is 19.0 Å². The van der Waals surface area contributed by atoms with Crippen LogP contribution in [0.3, 0.4) is 0 Å². The van der Waals surface area contributed by atoms with Crippen molar-refractivity contribution in [3.63, 3.8) is 0 Å². The summed E-state index contributed by atoms with van der Waals surface area (Å²) in [5, 5.41) is 2.91. The maximum atomic E-state index is 13.1. The van der Waals surface area contributed by atoms with Crippen molar-refractivity contribution in [3.8, 4) is 0 Å². The number of hydrogen-bond acceptors (Lipinski definition) is 4. The van der Waals surface area contributed by atoms with Crippen LogP contribution in [0, 0.1) is 0 Å². The smallest absolute Gasteiger partial charge is 0.248 e. The predicted octanol–water partition coefficient (Wildman–Crippen LogP) is 3.75. The van der Waals surface area contributed by atoms with Gasteiger partial charge in [-0.3, -0.25) is 19.1 Å². The molecule has 1 aliphatic rings. The van der Waals surface area contributed by atoms with Crippen molar-refractivity contribution < 1.29 is 14.0 Å². The Balaban J connectivity index is 1.57. The molecule has 0 spiro atoms. The van der Waals surface area contributed by atoms with Crippen LogP contribution in [0.2, 0.25) is 0 Å². The second-order valence-corrected chi connectivity index (χ2v) is 6.90. The van der Waals surface area contributed by atoms with Crippen molar-refractivity contribution >= 4 is 34.5 Å². The molecule has 1 aliphatic heterocycles. The average Bonchev–Trinajstić information content (AvgIpc) is 3.38. The highest BCUT2D eigenvalue weighted by atomic mass is 16.3. The summed E-state index contributed by atoms with van der Waals surface area (Å²) in [6.45, 7) is 0.266. The minimum Gasteiger partial charge on any atom is -0.467 e. The van der Waals surface area contributed by atoms with E-state index in [1.165, 1.54) is 0 Å². The molecule has 2 aromatic heterocycles. The number of carbonyl (C=O) groups excluding carboxylic acids is 2. The third-order valence-electron chi connectivity index (χ3n) is 5.04. The summed E-state index contributed by atoms with van der Waals surface area (Å²) in [7, 11) is 0. The van der Waals surface area contributed by atoms with Crippen LogP contribution >= 0.6 is 0 Å². The predicted molar refractivity (Wildman–Crippen MR) is 108 cm³/mol. The van der Waals surface area contributed by atoms with Gasteiger partial charge in [0.05, 0.1) is 30.3 Å². The fourth-order valence-corrected chi connectivity index (χ4v) is 3.68. The number of fused-ring (bicyclic) bond motifs is 3. The lowest BCUT2D eigenvalue weighted by Crippen LogP contribution is -2.42. The molecule has 0 radical (unpaired) electrons. The molecular formula is C22H18N4O3. The van der Waals surface area contributed by atoms with Crippen LogP contribution in [-0.4, -0.2) is 21.4 Å². The number of benzene rings is 2. The largest absolute Gasteiger partial charge is 0.467 e. The Morgan fingerprint density at radius 2 is 1.86 bits per heavy atom. The number of para-hydroxylation sites is 3. The SMILES string of the molecule is O=C(Nc1ccccc1)C1CC(=O)N(Cc2ccco2)c2nc3ccccc3n21. The van der Waals surface area contributed by atoms with E-state index in [0.717, 1.165) is 11.0 Å². The van der Waals surface area contributed by atoms with Crippen LogP contribution in [0.5, 0.6) is 0 Å². The Morgan fingerprint density at radius 3 is 2.66 bits per heavy atom. The molecule has 1 unspecified atom stereocenters. The molecule has 0 saturated carbocycles. The minimum absolute atomic E-state index is 0.0483. The molecule has 3 heterocycles. The summed E-state index contributed by atoms with van der Waals surface area (Å²) in [4.78, 5) is 32.3. The summed E-state index contributed by atoms with van der Waals surface area (Å²) in [6.07, 6.45) is 1.62. The van der Waals surface area contributed by atoms with Gasteiger partial charge in [-0.05, 0) is 36.4 Å². The summed E-state index contributed by atoms with van der Waals surface area (Å²) in [6, 6.07) is 19.7. The van der Waals surface area contributed by atoms with Crippen molar-refractivity contribution in [2.24, 2.45) is 0 Å². The topological polar surface area (TPSA) is 80.4 Å². The Morgan fingerprint density at radius 1 is 1.07 bits per heavy atom. The van der Waals surface area contributed by atoms with E-state index in [4.69, 9.17) is 4.42 Å². The van der Waals surface area contributed by atoms with E-state index in [0.29, 0.717) is 17.4 Å². The van der Waals surface area contributed by atoms with Gasteiger partial charge < -0.3 is 9.73 Å². The minimum atomic E-state index is -0.682. The lowest BCUT2D eigenvalue weighted by atomic mass is 10.1. The van der Waals surface area contributed by atoms with Gasteiger partial charge in [0.15, 0.2) is 0 Å². The molecule has 4 aromatic rings. The molecule has 2 aromatic carbocycles. The number of rotatable bonds is 4. The number of nitrogens with one attached hydrogen (secondary N) is 1. The third kappa shape index (κ3) is 3.06. The van der Waals surface area contributed by atoms with E-state index in [1.807, 2.05) is 65.2 Å². The maximum absolute atomic E-state index is 13.1. The van der Waals surface area contributed by atoms with Gasteiger partial charge in [-0.2, -0.15) is 0 Å². The van der Waals surface area contributed by atoms with Gasteiger partial charge in [-0.25, -0.2) is 4.98 Å². The van der Waals surface area contributed by atoms with Crippen molar-refractivity contribution in [3.05, 3.63) is 78.8 Å². The first kappa shape index (κ1) is 17.2. The zero-order valence-electron chi connectivity index (χ0n) is 15.5. The Kier molecular flexibility index (Phi) is 4.13. The molecule has 0 saturated heterocycles. The molecule has 0 aliphatic carbocycles. The molecular weight excluding hydrogens is 368 g/mol. The van der Waals surface area contributed by atoms with E-state index in [1.54, 1.807) is 17.2 Å². The van der Waals surface area contributed by atoms with Gasteiger partial charge in [0, 0.05) is 5.69 Å². The number of furan rings is 1. The fourth-order valence-electron chi connectivity index (χ4n) is 3.68. The van der Waals surface area contributed by atoms with Gasteiger partial charge in [0.25, 0.3) is 0 Å². The van der Waals surface area contributed by atoms with Crippen molar-refractivity contribution in [2.75, 3.05) is 10.2 Å². The molecule has 7 nitrogen and oxygen atoms in total. The van der Waals surface area contributed by atoms with Gasteiger partial charge in [-0.15, -0.1) is 0 Å². The van der Waals surface area contributed by atoms with E-state index >= 15 is 0 Å². The molecule has 29 heavy (non-hydrogen) atoms. The molecule has 0 fully saturated rings. The number of imidazole rings is 1. The lowest BCUT2D eigenvalue weighted by molar-refractivity contribution is -0.126. The van der Waals surface area contributed by atoms with Crippen molar-refractivity contribution in [1.82, 2.24) is 9.55 Å². The number of amides is 2. The molecule has 2 amide bonds. The highest BCUT2D eigenvalue weighted by Gasteiger charge is 2.38. The zero-order valence-corrected chi connectivity index (χ0v) is 15.5. The molecule has 144 valence electrons. The maximum Gasteiger partial charge on any atom is 0.248 e. The van der Waals surface area contributed by atoms with E-state index in [-0.39, 0.29) is 24.8 Å². The first-order chi connectivity index (χ1) is 14.2. The number of nitrogens with zero attached hydrogens (tertiary/aromatic N) is 3. The molecule has 7 heteroatoms. The fraction of sp³-hybridized carbons (Fsp3) is 0.136. The van der Waals surface area contributed by atoms with E-state index in [2.05, 4.69) is 10.3 Å². The van der Waals surface area contributed by atoms with Crippen LogP contribution in [0.4, 0.5) is 11.6 Å². The zero-order chi connectivity index (χ0) is 19.8. The third-order valence-corrected chi connectivity index (χ3v) is 5.04. The summed E-state index contributed by atoms with van der Waals surface area (Å²) >= 11 is 0. The highest BCUT2D eigenvalue weighted by Crippen LogP contribution is 2.35. The van der Waals surface area contributed by atoms with E-state index < -0.39 is 6.04 Å². The van der Waals surface area contributed by atoms with Crippen molar-refractivity contribution in [1.29, 1.82) is 0 Å². The van der Waals surface area contributed by atoms with E-state index in [9.17, 15) is 9.59 Å². The molecule has 1 atom stereocenters. The van der Waals surface area contributed by atoms with Crippen LogP contribution in [0.1, 0.15) is 18.2 Å². The second-order valence-electron chi connectivity index (χ2n) is 6.90. The van der Waals surface area contributed by atoms with Crippen LogP contribution in [-0.2, 0) is 16.1 Å². The molecule has 0 bridgehead atoms. The van der Waals surface area contributed by atoms with Crippen LogP contribution in [0.25, 0.3) is 11.0 Å². The lowest BCUT2D eigenvalue weighted by Gasteiger charge is -2.32. The number of carbonyl (C=O) groups is 2. The van der Waals surface area contributed by atoms with Gasteiger partial charge in [-0.1, -0.05) is 30.3 Å². The van der Waals surface area contributed by atoms with Crippen LogP contribution < -0.4 is 10.2 Å². The second kappa shape index (κ2) is 6.94. The average molecular weight is 386 g/mol. The highest BCUT2D eigenvalue weighted by molar-refractivity contribution is 6.03. The first-order valence-corrected chi connectivity index (χ1v) is 9.36. The number of aromatic nitrogens is 2. The Hall–Kier alpha value is -3.87. The number of hydrogen-bond donors (Lipinski definition) is 1. The Labute approximate surface area is 166 Å². The normalized spacial score (nSPS) is 16.1.